The maximum absolute atomic E-state index is 5.89. The third-order valence-electron chi connectivity index (χ3n) is 3.39. The molecule has 1 heterocycles. The summed E-state index contributed by atoms with van der Waals surface area (Å²) >= 11 is 0. The van der Waals surface area contributed by atoms with E-state index in [0.29, 0.717) is 6.04 Å². The minimum atomic E-state index is 0.705. The third kappa shape index (κ3) is 5.19. The van der Waals surface area contributed by atoms with E-state index in [2.05, 4.69) is 30.2 Å². The first kappa shape index (κ1) is 14.3. The van der Waals surface area contributed by atoms with Crippen molar-refractivity contribution >= 4 is 0 Å². The molecule has 3 heteroatoms. The highest BCUT2D eigenvalue weighted by molar-refractivity contribution is 5.29. The van der Waals surface area contributed by atoms with Crippen LogP contribution in [0.1, 0.15) is 50.9 Å². The molecule has 1 aromatic heterocycles. The number of hydrogen-bond acceptors (Lipinski definition) is 3. The first-order valence-electron chi connectivity index (χ1n) is 7.48. The number of nitrogens with one attached hydrogen (secondary N) is 1. The van der Waals surface area contributed by atoms with E-state index < -0.39 is 0 Å². The van der Waals surface area contributed by atoms with Crippen LogP contribution in [0.15, 0.2) is 12.1 Å². The lowest BCUT2D eigenvalue weighted by molar-refractivity contribution is 0.292. The Balaban J connectivity index is 1.85. The van der Waals surface area contributed by atoms with Crippen LogP contribution in [0.2, 0.25) is 0 Å². The van der Waals surface area contributed by atoms with Crippen LogP contribution >= 0.6 is 0 Å². The molecule has 0 atom stereocenters. The van der Waals surface area contributed by atoms with Crippen LogP contribution in [0.5, 0.6) is 5.75 Å². The van der Waals surface area contributed by atoms with Crippen molar-refractivity contribution in [3.05, 3.63) is 23.5 Å². The second-order valence-electron chi connectivity index (χ2n) is 5.94. The number of pyridine rings is 1. The molecule has 1 N–H and O–H groups in total. The van der Waals surface area contributed by atoms with E-state index in [1.807, 2.05) is 13.0 Å². The minimum Gasteiger partial charge on any atom is -0.492 e. The van der Waals surface area contributed by atoms with Gasteiger partial charge in [0.05, 0.1) is 12.3 Å². The highest BCUT2D eigenvalue weighted by Crippen LogP contribution is 2.22. The molecule has 1 aliphatic carbocycles. The second-order valence-corrected chi connectivity index (χ2v) is 5.94. The molecule has 0 saturated heterocycles. The zero-order chi connectivity index (χ0) is 13.7. The van der Waals surface area contributed by atoms with Gasteiger partial charge in [0.25, 0.3) is 0 Å². The molecule has 0 spiro atoms. The molecule has 19 heavy (non-hydrogen) atoms. The summed E-state index contributed by atoms with van der Waals surface area (Å²) in [6, 6.07) is 4.79. The summed E-state index contributed by atoms with van der Waals surface area (Å²) in [5.74, 6) is 1.69. The van der Waals surface area contributed by atoms with Gasteiger partial charge in [-0.25, -0.2) is 0 Å². The van der Waals surface area contributed by atoms with Crippen molar-refractivity contribution in [2.24, 2.45) is 5.92 Å². The molecule has 0 amide bonds. The smallest absolute Gasteiger partial charge is 0.142 e. The Bertz CT molecular complexity index is 400. The van der Waals surface area contributed by atoms with Crippen LogP contribution < -0.4 is 10.1 Å². The van der Waals surface area contributed by atoms with Gasteiger partial charge in [-0.2, -0.15) is 0 Å². The largest absolute Gasteiger partial charge is 0.492 e. The van der Waals surface area contributed by atoms with Crippen LogP contribution in [-0.2, 0) is 6.54 Å². The summed E-state index contributed by atoms with van der Waals surface area (Å²) in [5, 5.41) is 3.51. The van der Waals surface area contributed by atoms with Crippen molar-refractivity contribution in [1.82, 2.24) is 10.3 Å². The quantitative estimate of drug-likeness (QED) is 0.729. The first-order chi connectivity index (χ1) is 9.15. The van der Waals surface area contributed by atoms with E-state index in [9.17, 15) is 0 Å². The lowest BCUT2D eigenvalue weighted by Gasteiger charge is -2.12. The monoisotopic (exact) mass is 262 g/mol. The lowest BCUT2D eigenvalue weighted by atomic mass is 10.1. The molecule has 1 aromatic rings. The van der Waals surface area contributed by atoms with Crippen molar-refractivity contribution < 1.29 is 4.74 Å². The van der Waals surface area contributed by atoms with Crippen molar-refractivity contribution in [2.75, 3.05) is 6.61 Å². The molecule has 1 saturated carbocycles. The van der Waals surface area contributed by atoms with Gasteiger partial charge in [0.2, 0.25) is 0 Å². The maximum Gasteiger partial charge on any atom is 0.142 e. The molecule has 0 bridgehead atoms. The van der Waals surface area contributed by atoms with Crippen LogP contribution in [0.4, 0.5) is 0 Å². The number of ether oxygens (including phenoxy) is 1. The van der Waals surface area contributed by atoms with Crippen molar-refractivity contribution in [2.45, 2.75) is 59.0 Å². The molecule has 2 rings (SSSR count). The zero-order valence-corrected chi connectivity index (χ0v) is 12.4. The van der Waals surface area contributed by atoms with Crippen LogP contribution in [0.25, 0.3) is 0 Å². The van der Waals surface area contributed by atoms with Gasteiger partial charge in [-0.05, 0) is 50.7 Å². The Morgan fingerprint density at radius 1 is 1.37 bits per heavy atom. The topological polar surface area (TPSA) is 34.1 Å². The molecule has 3 nitrogen and oxygen atoms in total. The van der Waals surface area contributed by atoms with Gasteiger partial charge in [-0.3, -0.25) is 4.98 Å². The normalized spacial score (nSPS) is 14.9. The Kier molecular flexibility index (Phi) is 5.20. The van der Waals surface area contributed by atoms with Crippen LogP contribution in [0, 0.1) is 12.8 Å². The molecule has 0 radical (unpaired) electrons. The number of hydrogen-bond donors (Lipinski definition) is 1. The van der Waals surface area contributed by atoms with Crippen molar-refractivity contribution in [3.63, 3.8) is 0 Å². The van der Waals surface area contributed by atoms with Gasteiger partial charge in [-0.15, -0.1) is 0 Å². The summed E-state index contributed by atoms with van der Waals surface area (Å²) in [6.45, 7) is 8.14. The summed E-state index contributed by atoms with van der Waals surface area (Å²) in [4.78, 5) is 4.60. The second kappa shape index (κ2) is 6.90. The summed E-state index contributed by atoms with van der Waals surface area (Å²) in [6.07, 6.45) is 4.93. The standard InChI is InChI=1S/C16H26N2O/c1-12(2)5-4-10-19-16-9-6-13(3)18-15(16)11-17-14-7-8-14/h6,9,12,14,17H,4-5,7-8,10-11H2,1-3H3. The van der Waals surface area contributed by atoms with Crippen LogP contribution in [-0.4, -0.2) is 17.6 Å². The molecular weight excluding hydrogens is 236 g/mol. The van der Waals surface area contributed by atoms with Gasteiger partial charge in [0.1, 0.15) is 5.75 Å². The fourth-order valence-electron chi connectivity index (χ4n) is 2.06. The van der Waals surface area contributed by atoms with Gasteiger partial charge in [0, 0.05) is 18.3 Å². The molecule has 106 valence electrons. The summed E-state index contributed by atoms with van der Waals surface area (Å²) in [5.41, 5.74) is 2.11. The molecule has 0 unspecified atom stereocenters. The number of nitrogens with zero attached hydrogens (tertiary/aromatic N) is 1. The Morgan fingerprint density at radius 3 is 2.84 bits per heavy atom. The first-order valence-corrected chi connectivity index (χ1v) is 7.48. The maximum atomic E-state index is 5.89. The predicted octanol–water partition coefficient (Wildman–Crippen LogP) is 3.46. The molecule has 0 aromatic carbocycles. The van der Waals surface area contributed by atoms with Gasteiger partial charge in [0.15, 0.2) is 0 Å². The van der Waals surface area contributed by atoms with E-state index in [0.717, 1.165) is 42.6 Å². The SMILES string of the molecule is Cc1ccc(OCCCC(C)C)c(CNC2CC2)n1. The highest BCUT2D eigenvalue weighted by atomic mass is 16.5. The minimum absolute atomic E-state index is 0.705. The third-order valence-corrected chi connectivity index (χ3v) is 3.39. The van der Waals surface area contributed by atoms with E-state index in [4.69, 9.17) is 4.74 Å². The number of aryl methyl sites for hydroxylation is 1. The molecule has 0 aliphatic heterocycles. The average molecular weight is 262 g/mol. The molecule has 1 aliphatic rings. The van der Waals surface area contributed by atoms with E-state index >= 15 is 0 Å². The zero-order valence-electron chi connectivity index (χ0n) is 12.4. The number of rotatable bonds is 8. The Morgan fingerprint density at radius 2 is 2.16 bits per heavy atom. The fourth-order valence-corrected chi connectivity index (χ4v) is 2.06. The van der Waals surface area contributed by atoms with Gasteiger partial charge < -0.3 is 10.1 Å². The fraction of sp³-hybridized carbons (Fsp3) is 0.688. The predicted molar refractivity (Wildman–Crippen MR) is 78.4 cm³/mol. The van der Waals surface area contributed by atoms with E-state index in [-0.39, 0.29) is 0 Å². The summed E-state index contributed by atoms with van der Waals surface area (Å²) < 4.78 is 5.89. The van der Waals surface area contributed by atoms with Crippen LogP contribution in [0.3, 0.4) is 0 Å². The molecular formula is C16H26N2O. The number of aromatic nitrogens is 1. The molecule has 1 fully saturated rings. The summed E-state index contributed by atoms with van der Waals surface area (Å²) in [7, 11) is 0. The highest BCUT2D eigenvalue weighted by Gasteiger charge is 2.21. The van der Waals surface area contributed by atoms with E-state index in [1.165, 1.54) is 19.3 Å². The van der Waals surface area contributed by atoms with Gasteiger partial charge >= 0.3 is 0 Å². The van der Waals surface area contributed by atoms with Gasteiger partial charge in [-0.1, -0.05) is 13.8 Å². The Labute approximate surface area is 116 Å². The van der Waals surface area contributed by atoms with Crippen molar-refractivity contribution in [3.8, 4) is 5.75 Å². The lowest BCUT2D eigenvalue weighted by Crippen LogP contribution is -2.17. The Hall–Kier alpha value is -1.09. The van der Waals surface area contributed by atoms with Crippen molar-refractivity contribution in [1.29, 1.82) is 0 Å². The average Bonchev–Trinajstić information content (AvgIpc) is 3.17. The van der Waals surface area contributed by atoms with E-state index in [1.54, 1.807) is 0 Å².